The Morgan fingerprint density at radius 1 is 0.324 bits per heavy atom. The molecule has 0 aliphatic carbocycles. The molecule has 0 unspecified atom stereocenters. The van der Waals surface area contributed by atoms with E-state index in [-0.39, 0.29) is 19.8 Å². The predicted octanol–water partition coefficient (Wildman–Crippen LogP) is 7.38. The highest BCUT2D eigenvalue weighted by Crippen LogP contribution is 2.18. The first-order chi connectivity index (χ1) is 16.7. The molecule has 0 saturated heterocycles. The van der Waals surface area contributed by atoms with Gasteiger partial charge in [0.25, 0.3) is 0 Å². The Kier molecular flexibility index (Phi) is 27.3. The van der Waals surface area contributed by atoms with Crippen LogP contribution in [0.4, 0.5) is 0 Å². The van der Waals surface area contributed by atoms with Gasteiger partial charge in [0.05, 0.1) is 26.2 Å². The molecule has 0 saturated carbocycles. The summed E-state index contributed by atoms with van der Waals surface area (Å²) in [5, 5.41) is 27.7. The molecule has 0 heterocycles. The van der Waals surface area contributed by atoms with E-state index in [1.54, 1.807) is 0 Å². The van der Waals surface area contributed by atoms with Crippen LogP contribution in [0.3, 0.4) is 0 Å². The second kappa shape index (κ2) is 27.4. The van der Waals surface area contributed by atoms with Crippen molar-refractivity contribution < 1.29 is 19.8 Å². The molecule has 0 spiro atoms. The minimum atomic E-state index is 0.284. The second-order valence-corrected chi connectivity index (χ2v) is 10.8. The molecular formula is C30H64NO3+. The number of hydrogen-bond donors (Lipinski definition) is 3. The zero-order valence-electron chi connectivity index (χ0n) is 23.3. The lowest BCUT2D eigenvalue weighted by Crippen LogP contribution is -2.51. The highest BCUT2D eigenvalue weighted by Gasteiger charge is 2.25. The summed E-state index contributed by atoms with van der Waals surface area (Å²) in [6.45, 7) is 7.77. The van der Waals surface area contributed by atoms with Crippen LogP contribution < -0.4 is 0 Å². The van der Waals surface area contributed by atoms with Crippen molar-refractivity contribution in [2.45, 2.75) is 148 Å². The molecule has 0 rings (SSSR count). The number of unbranched alkanes of at least 4 members (excludes halogenated alkanes) is 18. The van der Waals surface area contributed by atoms with Gasteiger partial charge in [-0.25, -0.2) is 0 Å². The summed E-state index contributed by atoms with van der Waals surface area (Å²) in [6, 6.07) is 0. The lowest BCUT2D eigenvalue weighted by molar-refractivity contribution is -0.929. The van der Waals surface area contributed by atoms with Crippen molar-refractivity contribution >= 4 is 0 Å². The minimum Gasteiger partial charge on any atom is -0.396 e. The highest BCUT2D eigenvalue weighted by atomic mass is 16.3. The van der Waals surface area contributed by atoms with Crippen LogP contribution in [0.2, 0.25) is 0 Å². The molecule has 4 nitrogen and oxygen atoms in total. The van der Waals surface area contributed by atoms with Crippen LogP contribution in [0.15, 0.2) is 0 Å². The number of quaternary nitrogens is 1. The molecular weight excluding hydrogens is 422 g/mol. The van der Waals surface area contributed by atoms with Gasteiger partial charge in [0.2, 0.25) is 0 Å². The molecule has 206 valence electrons. The van der Waals surface area contributed by atoms with Gasteiger partial charge >= 0.3 is 0 Å². The maximum absolute atomic E-state index is 9.24. The molecule has 34 heavy (non-hydrogen) atoms. The first-order valence-electron chi connectivity index (χ1n) is 15.4. The van der Waals surface area contributed by atoms with Crippen molar-refractivity contribution in [3.8, 4) is 0 Å². The normalized spacial score (nSPS) is 12.0. The summed E-state index contributed by atoms with van der Waals surface area (Å²) in [7, 11) is 0. The maximum atomic E-state index is 9.24. The summed E-state index contributed by atoms with van der Waals surface area (Å²) in [5.74, 6) is 0. The van der Waals surface area contributed by atoms with Crippen LogP contribution in [0.5, 0.6) is 0 Å². The van der Waals surface area contributed by atoms with Crippen molar-refractivity contribution in [2.24, 2.45) is 0 Å². The first-order valence-corrected chi connectivity index (χ1v) is 15.4. The zero-order valence-corrected chi connectivity index (χ0v) is 23.3. The number of nitrogens with zero attached hydrogens (tertiary/aromatic N) is 1. The Morgan fingerprint density at radius 2 is 0.559 bits per heavy atom. The number of hydrogen-bond acceptors (Lipinski definition) is 3. The monoisotopic (exact) mass is 486 g/mol. The quantitative estimate of drug-likeness (QED) is 0.0763. The van der Waals surface area contributed by atoms with Crippen LogP contribution in [-0.2, 0) is 0 Å². The van der Waals surface area contributed by atoms with Crippen molar-refractivity contribution in [2.75, 3.05) is 46.0 Å². The zero-order chi connectivity index (χ0) is 25.0. The molecule has 0 aliphatic heterocycles. The fourth-order valence-corrected chi connectivity index (χ4v) is 5.34. The van der Waals surface area contributed by atoms with E-state index in [9.17, 15) is 15.3 Å². The Hall–Kier alpha value is -0.160. The van der Waals surface area contributed by atoms with Crippen LogP contribution in [0.1, 0.15) is 148 Å². The molecule has 0 aromatic heterocycles. The van der Waals surface area contributed by atoms with Gasteiger partial charge in [0.15, 0.2) is 0 Å². The fourth-order valence-electron chi connectivity index (χ4n) is 5.34. The Labute approximate surface area is 214 Å². The van der Waals surface area contributed by atoms with Crippen LogP contribution in [0, 0.1) is 0 Å². The largest absolute Gasteiger partial charge is 0.396 e. The van der Waals surface area contributed by atoms with E-state index < -0.39 is 0 Å². The van der Waals surface area contributed by atoms with Crippen molar-refractivity contribution in [1.29, 1.82) is 0 Å². The minimum absolute atomic E-state index is 0.284. The van der Waals surface area contributed by atoms with Crippen LogP contribution >= 0.6 is 0 Å². The van der Waals surface area contributed by atoms with Crippen molar-refractivity contribution in [3.63, 3.8) is 0 Å². The number of aliphatic hydroxyl groups is 3. The summed E-state index contributed by atoms with van der Waals surface area (Å²) in [6.07, 6.45) is 28.4. The molecule has 3 N–H and O–H groups in total. The van der Waals surface area contributed by atoms with Gasteiger partial charge in [-0.1, -0.05) is 96.8 Å². The average Bonchev–Trinajstić information content (AvgIpc) is 2.84. The molecule has 4 heteroatoms. The lowest BCUT2D eigenvalue weighted by Gasteiger charge is -2.39. The smallest absolute Gasteiger partial charge is 0.0787 e. The third kappa shape index (κ3) is 22.3. The summed E-state index contributed by atoms with van der Waals surface area (Å²) in [4.78, 5) is 0. The van der Waals surface area contributed by atoms with E-state index in [1.165, 1.54) is 109 Å². The van der Waals surface area contributed by atoms with Crippen molar-refractivity contribution in [3.05, 3.63) is 0 Å². The van der Waals surface area contributed by atoms with Gasteiger partial charge in [0, 0.05) is 19.8 Å². The summed E-state index contributed by atoms with van der Waals surface area (Å²) >= 11 is 0. The van der Waals surface area contributed by atoms with Crippen molar-refractivity contribution in [1.82, 2.24) is 0 Å². The van der Waals surface area contributed by atoms with Gasteiger partial charge in [-0.3, -0.25) is 0 Å². The molecule has 0 bridgehead atoms. The van der Waals surface area contributed by atoms with E-state index in [4.69, 9.17) is 0 Å². The lowest BCUT2D eigenvalue weighted by atomic mass is 10.0. The van der Waals surface area contributed by atoms with E-state index in [1.807, 2.05) is 0 Å². The van der Waals surface area contributed by atoms with E-state index in [0.717, 1.165) is 62.6 Å². The maximum Gasteiger partial charge on any atom is 0.0787 e. The van der Waals surface area contributed by atoms with Crippen LogP contribution in [-0.4, -0.2) is 65.8 Å². The molecule has 0 aliphatic rings. The third-order valence-electron chi connectivity index (χ3n) is 7.61. The molecule has 0 radical (unpaired) electrons. The fraction of sp³-hybridized carbons (Fsp3) is 1.00. The van der Waals surface area contributed by atoms with Crippen LogP contribution in [0.25, 0.3) is 0 Å². The van der Waals surface area contributed by atoms with Gasteiger partial charge in [0.1, 0.15) is 0 Å². The first kappa shape index (κ1) is 33.8. The van der Waals surface area contributed by atoms with E-state index in [0.29, 0.717) is 0 Å². The Bertz CT molecular complexity index is 352. The number of aliphatic hydroxyl groups excluding tert-OH is 3. The molecule has 0 aromatic carbocycles. The highest BCUT2D eigenvalue weighted by molar-refractivity contribution is 4.54. The standard InChI is InChI=1S/C30H64NO3/c1-2-3-4-5-6-7-8-9-10-11-12-13-14-15-16-17-24-31(25-18-21-28-32,26-19-22-29-33)27-20-23-30-34/h32-34H,2-30H2,1H3/q+1. The molecule has 0 atom stereocenters. The topological polar surface area (TPSA) is 60.7 Å². The van der Waals surface area contributed by atoms with Gasteiger partial charge in [-0.2, -0.15) is 0 Å². The number of rotatable bonds is 29. The molecule has 0 amide bonds. The SMILES string of the molecule is CCCCCCCCCCCCCCCCCC[N+](CCCCO)(CCCCO)CCCCO. The Morgan fingerprint density at radius 3 is 0.824 bits per heavy atom. The Balaban J connectivity index is 3.93. The molecule has 0 aromatic rings. The predicted molar refractivity (Wildman–Crippen MR) is 148 cm³/mol. The van der Waals surface area contributed by atoms with Gasteiger partial charge in [-0.15, -0.1) is 0 Å². The van der Waals surface area contributed by atoms with E-state index >= 15 is 0 Å². The van der Waals surface area contributed by atoms with Gasteiger partial charge < -0.3 is 19.8 Å². The summed E-state index contributed by atoms with van der Waals surface area (Å²) in [5.41, 5.74) is 0. The van der Waals surface area contributed by atoms with Gasteiger partial charge in [-0.05, 0) is 51.4 Å². The second-order valence-electron chi connectivity index (χ2n) is 10.8. The summed E-state index contributed by atoms with van der Waals surface area (Å²) < 4.78 is 1.12. The third-order valence-corrected chi connectivity index (χ3v) is 7.61. The average molecular weight is 487 g/mol. The molecule has 0 fully saturated rings. The van der Waals surface area contributed by atoms with E-state index in [2.05, 4.69) is 6.92 Å².